The molecule has 2 amide bonds. The fourth-order valence-electron chi connectivity index (χ4n) is 3.79. The van der Waals surface area contributed by atoms with Gasteiger partial charge in [0.05, 0.1) is 24.2 Å². The van der Waals surface area contributed by atoms with Crippen LogP contribution in [-0.2, 0) is 9.53 Å². The Bertz CT molecular complexity index is 662. The van der Waals surface area contributed by atoms with Gasteiger partial charge in [-0.05, 0) is 44.5 Å². The van der Waals surface area contributed by atoms with Crippen molar-refractivity contribution in [1.82, 2.24) is 9.80 Å². The summed E-state index contributed by atoms with van der Waals surface area (Å²) in [6, 6.07) is 6.71. The van der Waals surface area contributed by atoms with Crippen LogP contribution in [0.3, 0.4) is 0 Å². The zero-order chi connectivity index (χ0) is 19.2. The molecule has 27 heavy (non-hydrogen) atoms. The zero-order valence-corrected chi connectivity index (χ0v) is 16.0. The van der Waals surface area contributed by atoms with E-state index in [1.165, 1.54) is 11.3 Å². The van der Waals surface area contributed by atoms with Crippen molar-refractivity contribution in [2.75, 3.05) is 26.2 Å². The molecule has 1 unspecified atom stereocenters. The first-order chi connectivity index (χ1) is 13.1. The van der Waals surface area contributed by atoms with Crippen molar-refractivity contribution in [3.8, 4) is 0 Å². The predicted octanol–water partition coefficient (Wildman–Crippen LogP) is 2.87. The van der Waals surface area contributed by atoms with Gasteiger partial charge in [0.2, 0.25) is 0 Å². The number of imide groups is 1. The van der Waals surface area contributed by atoms with Gasteiger partial charge in [-0.25, -0.2) is 0 Å². The van der Waals surface area contributed by atoms with E-state index < -0.39 is 0 Å². The summed E-state index contributed by atoms with van der Waals surface area (Å²) in [4.78, 5) is 41.2. The number of benzene rings is 1. The maximum absolute atomic E-state index is 12.7. The molecule has 2 aliphatic rings. The van der Waals surface area contributed by atoms with E-state index in [0.717, 1.165) is 38.8 Å². The molecule has 1 fully saturated rings. The number of likely N-dealkylation sites (tertiary alicyclic amines) is 1. The molecule has 1 aromatic carbocycles. The molecule has 1 atom stereocenters. The molecule has 3 rings (SSSR count). The second-order valence-corrected chi connectivity index (χ2v) is 7.30. The summed E-state index contributed by atoms with van der Waals surface area (Å²) in [6.07, 6.45) is 5.34. The summed E-state index contributed by atoms with van der Waals surface area (Å²) >= 11 is 0. The Balaban J connectivity index is 1.70. The Kier molecular flexibility index (Phi) is 6.61. The summed E-state index contributed by atoms with van der Waals surface area (Å²) in [7, 11) is 0. The molecule has 0 bridgehead atoms. The van der Waals surface area contributed by atoms with Crippen molar-refractivity contribution < 1.29 is 19.1 Å². The Labute approximate surface area is 160 Å². The average molecular weight is 372 g/mol. The first kappa shape index (κ1) is 19.5. The van der Waals surface area contributed by atoms with Crippen molar-refractivity contribution in [2.45, 2.75) is 51.5 Å². The van der Waals surface area contributed by atoms with Gasteiger partial charge < -0.3 is 4.74 Å². The number of hydrogen-bond acceptors (Lipinski definition) is 5. The number of piperidine rings is 1. The van der Waals surface area contributed by atoms with Crippen LogP contribution in [0.5, 0.6) is 0 Å². The van der Waals surface area contributed by atoms with E-state index in [0.29, 0.717) is 17.7 Å². The van der Waals surface area contributed by atoms with Crippen LogP contribution in [0.15, 0.2) is 24.3 Å². The van der Waals surface area contributed by atoms with Crippen LogP contribution in [0, 0.1) is 0 Å². The van der Waals surface area contributed by atoms with Gasteiger partial charge in [-0.3, -0.25) is 24.2 Å². The lowest BCUT2D eigenvalue weighted by atomic mass is 10.1. The molecular weight excluding hydrogens is 344 g/mol. The minimum atomic E-state index is -0.267. The van der Waals surface area contributed by atoms with Gasteiger partial charge in [-0.2, -0.15) is 0 Å². The lowest BCUT2D eigenvalue weighted by Gasteiger charge is -2.35. The van der Waals surface area contributed by atoms with Gasteiger partial charge in [0, 0.05) is 12.6 Å². The van der Waals surface area contributed by atoms with Crippen molar-refractivity contribution in [3.63, 3.8) is 0 Å². The minimum absolute atomic E-state index is 0.193. The smallest absolute Gasteiger partial charge is 0.307 e. The third kappa shape index (κ3) is 4.56. The number of rotatable bonds is 8. The summed E-state index contributed by atoms with van der Waals surface area (Å²) in [5.41, 5.74) is 0.899. The summed E-state index contributed by atoms with van der Waals surface area (Å²) in [5, 5.41) is 0. The highest BCUT2D eigenvalue weighted by molar-refractivity contribution is 6.21. The SMILES string of the molecule is CCCCOC(=O)CC(CN1C(=O)c2ccccc2C1=O)N1CCCCC1. The van der Waals surface area contributed by atoms with Gasteiger partial charge in [0.1, 0.15) is 0 Å². The molecule has 0 spiro atoms. The number of carbonyl (C=O) groups is 3. The van der Waals surface area contributed by atoms with E-state index in [4.69, 9.17) is 4.74 Å². The van der Waals surface area contributed by atoms with E-state index in [2.05, 4.69) is 4.90 Å². The number of ether oxygens (including phenoxy) is 1. The fourth-order valence-corrected chi connectivity index (χ4v) is 3.79. The molecule has 1 saturated heterocycles. The molecule has 0 N–H and O–H groups in total. The molecule has 6 nitrogen and oxygen atoms in total. The van der Waals surface area contributed by atoms with Crippen LogP contribution < -0.4 is 0 Å². The van der Waals surface area contributed by atoms with Gasteiger partial charge in [-0.15, -0.1) is 0 Å². The number of fused-ring (bicyclic) bond motifs is 1. The number of unbranched alkanes of at least 4 members (excludes halogenated alkanes) is 1. The van der Waals surface area contributed by atoms with E-state index in [9.17, 15) is 14.4 Å². The Morgan fingerprint density at radius 2 is 1.70 bits per heavy atom. The molecule has 6 heteroatoms. The lowest BCUT2D eigenvalue weighted by Crippen LogP contribution is -2.48. The number of esters is 1. The maximum Gasteiger partial charge on any atom is 0.307 e. The summed E-state index contributed by atoms with van der Waals surface area (Å²) in [6.45, 7) is 4.48. The van der Waals surface area contributed by atoms with Crippen molar-refractivity contribution >= 4 is 17.8 Å². The van der Waals surface area contributed by atoms with Gasteiger partial charge in [0.15, 0.2) is 0 Å². The van der Waals surface area contributed by atoms with Crippen molar-refractivity contribution in [2.24, 2.45) is 0 Å². The van der Waals surface area contributed by atoms with E-state index in [-0.39, 0.29) is 36.8 Å². The van der Waals surface area contributed by atoms with Crippen LogP contribution in [0.25, 0.3) is 0 Å². The third-order valence-corrected chi connectivity index (χ3v) is 5.34. The molecule has 146 valence electrons. The van der Waals surface area contributed by atoms with Gasteiger partial charge in [-0.1, -0.05) is 31.9 Å². The van der Waals surface area contributed by atoms with Crippen LogP contribution >= 0.6 is 0 Å². The third-order valence-electron chi connectivity index (χ3n) is 5.34. The monoisotopic (exact) mass is 372 g/mol. The fraction of sp³-hybridized carbons (Fsp3) is 0.571. The molecule has 0 aromatic heterocycles. The molecule has 2 aliphatic heterocycles. The minimum Gasteiger partial charge on any atom is -0.466 e. The summed E-state index contributed by atoms with van der Waals surface area (Å²) in [5.74, 6) is -0.787. The first-order valence-corrected chi connectivity index (χ1v) is 9.96. The summed E-state index contributed by atoms with van der Waals surface area (Å²) < 4.78 is 5.33. The van der Waals surface area contributed by atoms with Gasteiger partial charge in [0.25, 0.3) is 11.8 Å². The van der Waals surface area contributed by atoms with Crippen LogP contribution in [0.2, 0.25) is 0 Å². The molecular formula is C21H28N2O4. The first-order valence-electron chi connectivity index (χ1n) is 9.96. The van der Waals surface area contributed by atoms with E-state index in [1.807, 2.05) is 6.92 Å². The average Bonchev–Trinajstić information content (AvgIpc) is 2.93. The zero-order valence-electron chi connectivity index (χ0n) is 16.0. The largest absolute Gasteiger partial charge is 0.466 e. The maximum atomic E-state index is 12.7. The Morgan fingerprint density at radius 1 is 1.07 bits per heavy atom. The van der Waals surface area contributed by atoms with Crippen molar-refractivity contribution in [3.05, 3.63) is 35.4 Å². The quantitative estimate of drug-likeness (QED) is 0.399. The second-order valence-electron chi connectivity index (χ2n) is 7.30. The molecule has 0 aliphatic carbocycles. The number of carbonyl (C=O) groups excluding carboxylic acids is 3. The molecule has 0 saturated carbocycles. The highest BCUT2D eigenvalue weighted by Crippen LogP contribution is 2.25. The topological polar surface area (TPSA) is 66.9 Å². The molecule has 2 heterocycles. The normalized spacial score (nSPS) is 18.5. The second kappa shape index (κ2) is 9.13. The van der Waals surface area contributed by atoms with Crippen LogP contribution in [0.4, 0.5) is 0 Å². The Morgan fingerprint density at radius 3 is 2.30 bits per heavy atom. The van der Waals surface area contributed by atoms with Crippen LogP contribution in [0.1, 0.15) is 66.2 Å². The number of hydrogen-bond donors (Lipinski definition) is 0. The lowest BCUT2D eigenvalue weighted by molar-refractivity contribution is -0.145. The highest BCUT2D eigenvalue weighted by Gasteiger charge is 2.38. The molecule has 0 radical (unpaired) electrons. The van der Waals surface area contributed by atoms with E-state index in [1.54, 1.807) is 24.3 Å². The predicted molar refractivity (Wildman–Crippen MR) is 102 cm³/mol. The van der Waals surface area contributed by atoms with Crippen molar-refractivity contribution in [1.29, 1.82) is 0 Å². The van der Waals surface area contributed by atoms with Crippen LogP contribution in [-0.4, -0.2) is 59.9 Å². The standard InChI is InChI=1S/C21H28N2O4/c1-2-3-13-27-19(24)14-16(22-11-7-4-8-12-22)15-23-20(25)17-9-5-6-10-18(17)21(23)26/h5-6,9-10,16H,2-4,7-8,11-15H2,1H3. The Hall–Kier alpha value is -2.21. The highest BCUT2D eigenvalue weighted by atomic mass is 16.5. The molecule has 1 aromatic rings. The van der Waals surface area contributed by atoms with E-state index >= 15 is 0 Å². The van der Waals surface area contributed by atoms with Gasteiger partial charge >= 0.3 is 5.97 Å². The number of amides is 2. The number of nitrogens with zero attached hydrogens (tertiary/aromatic N) is 2.